The van der Waals surface area contributed by atoms with Crippen molar-refractivity contribution in [1.82, 2.24) is 14.8 Å². The van der Waals surface area contributed by atoms with Gasteiger partial charge in [0.05, 0.1) is 23.3 Å². The van der Waals surface area contributed by atoms with Crippen LogP contribution in [0.1, 0.15) is 18.2 Å². The molecule has 0 saturated heterocycles. The second-order valence-corrected chi connectivity index (χ2v) is 4.49. The van der Waals surface area contributed by atoms with Crippen LogP contribution in [-0.2, 0) is 11.8 Å². The van der Waals surface area contributed by atoms with Gasteiger partial charge in [-0.1, -0.05) is 6.08 Å². The van der Waals surface area contributed by atoms with Crippen LogP contribution >= 0.6 is 0 Å². The van der Waals surface area contributed by atoms with Gasteiger partial charge in [0.1, 0.15) is 6.10 Å². The average molecular weight is 287 g/mol. The van der Waals surface area contributed by atoms with Crippen LogP contribution in [-0.4, -0.2) is 20.9 Å². The maximum Gasteiger partial charge on any atom is 0.405 e. The molecule has 0 saturated carbocycles. The van der Waals surface area contributed by atoms with Gasteiger partial charge in [0, 0.05) is 25.2 Å². The number of aromatic nitrogens is 3. The molecule has 2 heterocycles. The van der Waals surface area contributed by atoms with E-state index in [2.05, 4.69) is 16.7 Å². The molecule has 0 aliphatic rings. The summed E-state index contributed by atoms with van der Waals surface area (Å²) >= 11 is 0. The van der Waals surface area contributed by atoms with Crippen molar-refractivity contribution in [3.8, 4) is 11.3 Å². The third kappa shape index (κ3) is 3.19. The van der Waals surface area contributed by atoms with Gasteiger partial charge in [-0.05, 0) is 12.1 Å². The molecule has 1 atom stereocenters. The first-order valence-corrected chi connectivity index (χ1v) is 6.33. The Balaban J connectivity index is 2.40. The van der Waals surface area contributed by atoms with Gasteiger partial charge in [0.25, 0.3) is 0 Å². The van der Waals surface area contributed by atoms with Crippen molar-refractivity contribution in [2.45, 2.75) is 12.5 Å². The number of nitrogens with two attached hydrogens (primary N) is 2. The quantitative estimate of drug-likeness (QED) is 0.814. The second kappa shape index (κ2) is 6.08. The van der Waals surface area contributed by atoms with Gasteiger partial charge < -0.3 is 16.2 Å². The number of ether oxygens (including phenoxy) is 1. The summed E-state index contributed by atoms with van der Waals surface area (Å²) in [5.41, 5.74) is 13.7. The van der Waals surface area contributed by atoms with E-state index in [-0.39, 0.29) is 0 Å². The largest absolute Gasteiger partial charge is 0.440 e. The summed E-state index contributed by atoms with van der Waals surface area (Å²) in [6, 6.07) is 3.61. The molecule has 0 aromatic carbocycles. The van der Waals surface area contributed by atoms with E-state index >= 15 is 0 Å². The Hall–Kier alpha value is -2.83. The number of amides is 1. The number of carbonyl (C=O) groups is 1. The number of aryl methyl sites for hydroxylation is 1. The Kier molecular flexibility index (Phi) is 4.22. The number of pyridine rings is 1. The van der Waals surface area contributed by atoms with Crippen LogP contribution in [0.15, 0.2) is 37.2 Å². The zero-order valence-electron chi connectivity index (χ0n) is 11.7. The van der Waals surface area contributed by atoms with Gasteiger partial charge in [-0.15, -0.1) is 6.58 Å². The van der Waals surface area contributed by atoms with Crippen molar-refractivity contribution >= 4 is 11.8 Å². The second-order valence-electron chi connectivity index (χ2n) is 4.49. The fourth-order valence-corrected chi connectivity index (χ4v) is 2.10. The SMILES string of the molecule is C=CCC(OC(N)=O)c1cc(-c2c(N)cnn2C)ccn1. The van der Waals surface area contributed by atoms with Crippen molar-refractivity contribution in [2.75, 3.05) is 5.73 Å². The number of rotatable bonds is 5. The molecule has 1 unspecified atom stereocenters. The number of carbonyl (C=O) groups excluding carboxylic acids is 1. The molecule has 0 fully saturated rings. The van der Waals surface area contributed by atoms with Crippen LogP contribution < -0.4 is 11.5 Å². The highest BCUT2D eigenvalue weighted by atomic mass is 16.6. The minimum absolute atomic E-state index is 0.417. The first kappa shape index (κ1) is 14.6. The van der Waals surface area contributed by atoms with E-state index in [9.17, 15) is 4.79 Å². The van der Waals surface area contributed by atoms with Crippen LogP contribution in [0, 0.1) is 0 Å². The van der Waals surface area contributed by atoms with E-state index in [0.717, 1.165) is 11.3 Å². The van der Waals surface area contributed by atoms with Crippen LogP contribution in [0.4, 0.5) is 10.5 Å². The summed E-state index contributed by atoms with van der Waals surface area (Å²) in [5.74, 6) is 0. The Labute approximate surface area is 122 Å². The Morgan fingerprint density at radius 2 is 2.38 bits per heavy atom. The van der Waals surface area contributed by atoms with Gasteiger partial charge in [-0.3, -0.25) is 9.67 Å². The fourth-order valence-electron chi connectivity index (χ4n) is 2.10. The van der Waals surface area contributed by atoms with E-state index in [4.69, 9.17) is 16.2 Å². The number of nitrogens with zero attached hydrogens (tertiary/aromatic N) is 3. The zero-order chi connectivity index (χ0) is 15.4. The van der Waals surface area contributed by atoms with Crippen LogP contribution in [0.5, 0.6) is 0 Å². The normalized spacial score (nSPS) is 11.9. The molecule has 2 aromatic heterocycles. The monoisotopic (exact) mass is 287 g/mol. The summed E-state index contributed by atoms with van der Waals surface area (Å²) in [7, 11) is 1.80. The highest BCUT2D eigenvalue weighted by Gasteiger charge is 2.17. The number of primary amides is 1. The topological polar surface area (TPSA) is 109 Å². The van der Waals surface area contributed by atoms with Crippen molar-refractivity contribution in [3.63, 3.8) is 0 Å². The lowest BCUT2D eigenvalue weighted by molar-refractivity contribution is 0.106. The first-order chi connectivity index (χ1) is 10.0. The first-order valence-electron chi connectivity index (χ1n) is 6.33. The van der Waals surface area contributed by atoms with Gasteiger partial charge in [0.15, 0.2) is 0 Å². The Morgan fingerprint density at radius 3 is 2.95 bits per heavy atom. The van der Waals surface area contributed by atoms with E-state index in [1.807, 2.05) is 6.07 Å². The fraction of sp³-hybridized carbons (Fsp3) is 0.214. The van der Waals surface area contributed by atoms with E-state index in [1.54, 1.807) is 36.3 Å². The standard InChI is InChI=1S/C14H17N5O2/c1-3-4-12(21-14(16)20)11-7-9(5-6-17-11)13-10(15)8-18-19(13)2/h3,5-8,12H,1,4,15H2,2H3,(H2,16,20). The molecule has 110 valence electrons. The molecule has 0 spiro atoms. The molecule has 0 aliphatic carbocycles. The van der Waals surface area contributed by atoms with Crippen LogP contribution in [0.3, 0.4) is 0 Å². The lowest BCUT2D eigenvalue weighted by Crippen LogP contribution is -2.18. The van der Waals surface area contributed by atoms with Crippen molar-refractivity contribution < 1.29 is 9.53 Å². The molecule has 2 aromatic rings. The van der Waals surface area contributed by atoms with Gasteiger partial charge in [0.2, 0.25) is 0 Å². The molecule has 0 radical (unpaired) electrons. The molecule has 7 heteroatoms. The Morgan fingerprint density at radius 1 is 1.62 bits per heavy atom. The average Bonchev–Trinajstić information content (AvgIpc) is 2.77. The van der Waals surface area contributed by atoms with Gasteiger partial charge in [-0.2, -0.15) is 5.10 Å². The number of hydrogen-bond acceptors (Lipinski definition) is 5. The van der Waals surface area contributed by atoms with E-state index in [0.29, 0.717) is 17.8 Å². The predicted octanol–water partition coefficient (Wildman–Crippen LogP) is 1.78. The third-order valence-electron chi connectivity index (χ3n) is 2.99. The third-order valence-corrected chi connectivity index (χ3v) is 2.99. The summed E-state index contributed by atoms with van der Waals surface area (Å²) in [6.45, 7) is 3.64. The lowest BCUT2D eigenvalue weighted by atomic mass is 10.1. The predicted molar refractivity (Wildman–Crippen MR) is 79.1 cm³/mol. The van der Waals surface area contributed by atoms with Gasteiger partial charge >= 0.3 is 6.09 Å². The van der Waals surface area contributed by atoms with E-state index < -0.39 is 12.2 Å². The lowest BCUT2D eigenvalue weighted by Gasteiger charge is -2.15. The molecular formula is C14H17N5O2. The summed E-state index contributed by atoms with van der Waals surface area (Å²) in [6.07, 6.45) is 3.83. The van der Waals surface area contributed by atoms with Gasteiger partial charge in [-0.25, -0.2) is 4.79 Å². The maximum atomic E-state index is 11.0. The molecule has 21 heavy (non-hydrogen) atoms. The minimum Gasteiger partial charge on any atom is -0.440 e. The molecule has 0 aliphatic heterocycles. The van der Waals surface area contributed by atoms with Crippen LogP contribution in [0.25, 0.3) is 11.3 Å². The molecule has 7 nitrogen and oxygen atoms in total. The minimum atomic E-state index is -0.853. The highest BCUT2D eigenvalue weighted by molar-refractivity contribution is 5.72. The Bertz CT molecular complexity index is 646. The number of hydrogen-bond donors (Lipinski definition) is 2. The highest BCUT2D eigenvalue weighted by Crippen LogP contribution is 2.28. The molecule has 1 amide bonds. The summed E-state index contributed by atoms with van der Waals surface area (Å²) < 4.78 is 6.73. The molecule has 0 bridgehead atoms. The molecule has 4 N–H and O–H groups in total. The van der Waals surface area contributed by atoms with Crippen LogP contribution in [0.2, 0.25) is 0 Å². The molecular weight excluding hydrogens is 270 g/mol. The van der Waals surface area contributed by atoms with Crippen molar-refractivity contribution in [2.24, 2.45) is 12.8 Å². The molecule has 2 rings (SSSR count). The van der Waals surface area contributed by atoms with E-state index in [1.165, 1.54) is 0 Å². The van der Waals surface area contributed by atoms with Crippen molar-refractivity contribution in [1.29, 1.82) is 0 Å². The van der Waals surface area contributed by atoms with Crippen molar-refractivity contribution in [3.05, 3.63) is 42.9 Å². The summed E-state index contributed by atoms with van der Waals surface area (Å²) in [5, 5.41) is 4.10. The maximum absolute atomic E-state index is 11.0. The number of anilines is 1. The zero-order valence-corrected chi connectivity index (χ0v) is 11.7. The number of nitrogen functional groups attached to an aromatic ring is 1. The summed E-state index contributed by atoms with van der Waals surface area (Å²) in [4.78, 5) is 15.2. The smallest absolute Gasteiger partial charge is 0.405 e.